The number of nitrogens with one attached hydrogen (secondary N) is 1. The van der Waals surface area contributed by atoms with Crippen LogP contribution in [0.2, 0.25) is 0 Å². The highest BCUT2D eigenvalue weighted by Gasteiger charge is 2.38. The van der Waals surface area contributed by atoms with Crippen molar-refractivity contribution in [3.63, 3.8) is 0 Å². The van der Waals surface area contributed by atoms with E-state index in [4.69, 9.17) is 14.9 Å². The van der Waals surface area contributed by atoms with Gasteiger partial charge in [0.15, 0.2) is 5.58 Å². The number of nitrogens with zero attached hydrogens (tertiary/aromatic N) is 1. The quantitative estimate of drug-likeness (QED) is 0.840. The summed E-state index contributed by atoms with van der Waals surface area (Å²) >= 11 is 0. The molecule has 0 unspecified atom stereocenters. The number of benzene rings is 1. The molecule has 0 spiro atoms. The van der Waals surface area contributed by atoms with E-state index in [9.17, 15) is 4.79 Å². The Morgan fingerprint density at radius 2 is 2.26 bits per heavy atom. The van der Waals surface area contributed by atoms with Gasteiger partial charge in [0.2, 0.25) is 0 Å². The maximum Gasteiger partial charge on any atom is 0.417 e. The lowest BCUT2D eigenvalue weighted by Gasteiger charge is -2.43. The monoisotopic (exact) mass is 263 g/mol. The Labute approximate surface area is 110 Å². The lowest BCUT2D eigenvalue weighted by Crippen LogP contribution is -2.54. The van der Waals surface area contributed by atoms with Gasteiger partial charge in [0.25, 0.3) is 0 Å². The molecule has 0 atom stereocenters. The Kier molecular flexibility index (Phi) is 2.83. The average molecular weight is 263 g/mol. The number of hydrogen-bond donors (Lipinski definition) is 2. The normalized spacial score (nSPS) is 17.4. The van der Waals surface area contributed by atoms with E-state index in [-0.39, 0.29) is 5.41 Å². The molecule has 0 radical (unpaired) electrons. The van der Waals surface area contributed by atoms with Crippen LogP contribution in [0.15, 0.2) is 27.4 Å². The van der Waals surface area contributed by atoms with Crippen molar-refractivity contribution in [1.29, 1.82) is 0 Å². The summed E-state index contributed by atoms with van der Waals surface area (Å²) in [6.07, 6.45) is 0. The highest BCUT2D eigenvalue weighted by atomic mass is 16.5. The van der Waals surface area contributed by atoms with Crippen molar-refractivity contribution in [1.82, 2.24) is 4.98 Å². The smallest absolute Gasteiger partial charge is 0.408 e. The van der Waals surface area contributed by atoms with E-state index in [0.717, 1.165) is 12.2 Å². The van der Waals surface area contributed by atoms with Gasteiger partial charge in [-0.1, -0.05) is 0 Å². The molecular formula is C13H17N3O3. The standard InChI is InChI=1S/C13H17N3O3/c1-16(6-13(5-14)7-18-8-13)9-2-3-10-11(4-9)19-12(17)15-10/h2-4H,5-8,14H2,1H3,(H,15,17). The van der Waals surface area contributed by atoms with E-state index >= 15 is 0 Å². The maximum atomic E-state index is 11.1. The third-order valence-corrected chi connectivity index (χ3v) is 3.67. The van der Waals surface area contributed by atoms with E-state index in [1.54, 1.807) is 0 Å². The van der Waals surface area contributed by atoms with Gasteiger partial charge in [-0.2, -0.15) is 0 Å². The zero-order valence-corrected chi connectivity index (χ0v) is 10.8. The number of aromatic amines is 1. The first-order valence-electron chi connectivity index (χ1n) is 6.24. The van der Waals surface area contributed by atoms with Crippen LogP contribution in [0.1, 0.15) is 0 Å². The molecular weight excluding hydrogens is 246 g/mol. The molecule has 2 heterocycles. The van der Waals surface area contributed by atoms with E-state index in [1.165, 1.54) is 0 Å². The van der Waals surface area contributed by atoms with Gasteiger partial charge in [-0.05, 0) is 12.1 Å². The van der Waals surface area contributed by atoms with Crippen LogP contribution in [0.25, 0.3) is 11.1 Å². The number of nitrogens with two attached hydrogens (primary N) is 1. The summed E-state index contributed by atoms with van der Waals surface area (Å²) in [6.45, 7) is 2.84. The van der Waals surface area contributed by atoms with Crippen molar-refractivity contribution < 1.29 is 9.15 Å². The number of rotatable bonds is 4. The van der Waals surface area contributed by atoms with Gasteiger partial charge in [-0.15, -0.1) is 0 Å². The fraction of sp³-hybridized carbons (Fsp3) is 0.462. The third kappa shape index (κ3) is 2.13. The molecule has 0 aliphatic carbocycles. The number of H-pyrrole nitrogens is 1. The predicted octanol–water partition coefficient (Wildman–Crippen LogP) is 0.533. The number of aromatic nitrogens is 1. The molecule has 1 saturated heterocycles. The fourth-order valence-corrected chi connectivity index (χ4v) is 2.43. The molecule has 3 N–H and O–H groups in total. The van der Waals surface area contributed by atoms with E-state index in [2.05, 4.69) is 9.88 Å². The molecule has 6 heteroatoms. The molecule has 2 aromatic rings. The van der Waals surface area contributed by atoms with Crippen molar-refractivity contribution in [2.45, 2.75) is 0 Å². The summed E-state index contributed by atoms with van der Waals surface area (Å²) in [5.41, 5.74) is 8.14. The zero-order chi connectivity index (χ0) is 13.5. The van der Waals surface area contributed by atoms with Gasteiger partial charge in [-0.3, -0.25) is 4.98 Å². The topological polar surface area (TPSA) is 84.5 Å². The second-order valence-electron chi connectivity index (χ2n) is 5.25. The van der Waals surface area contributed by atoms with Gasteiger partial charge in [-0.25, -0.2) is 4.79 Å². The van der Waals surface area contributed by atoms with Crippen LogP contribution in [0.3, 0.4) is 0 Å². The molecule has 1 aliphatic heterocycles. The molecule has 102 valence electrons. The molecule has 0 amide bonds. The summed E-state index contributed by atoms with van der Waals surface area (Å²) in [5.74, 6) is -0.430. The fourth-order valence-electron chi connectivity index (χ4n) is 2.43. The lowest BCUT2D eigenvalue weighted by molar-refractivity contribution is -0.101. The number of hydrogen-bond acceptors (Lipinski definition) is 5. The van der Waals surface area contributed by atoms with Gasteiger partial charge >= 0.3 is 5.76 Å². The van der Waals surface area contributed by atoms with Gasteiger partial charge in [0.05, 0.1) is 18.7 Å². The van der Waals surface area contributed by atoms with E-state index < -0.39 is 5.76 Å². The number of ether oxygens (including phenoxy) is 1. The van der Waals surface area contributed by atoms with Crippen LogP contribution in [-0.2, 0) is 4.74 Å². The summed E-state index contributed by atoms with van der Waals surface area (Å²) < 4.78 is 10.3. The van der Waals surface area contributed by atoms with E-state index in [0.29, 0.717) is 30.9 Å². The molecule has 1 aromatic carbocycles. The molecule has 0 saturated carbocycles. The number of oxazole rings is 1. The average Bonchev–Trinajstić information content (AvgIpc) is 2.72. The summed E-state index contributed by atoms with van der Waals surface area (Å²) in [5, 5.41) is 0. The highest BCUT2D eigenvalue weighted by Crippen LogP contribution is 2.29. The SMILES string of the molecule is CN(CC1(CN)COC1)c1ccc2[nH]c(=O)oc2c1. The van der Waals surface area contributed by atoms with Gasteiger partial charge in [0, 0.05) is 37.3 Å². The van der Waals surface area contributed by atoms with Crippen molar-refractivity contribution >= 4 is 16.8 Å². The molecule has 3 rings (SSSR count). The third-order valence-electron chi connectivity index (χ3n) is 3.67. The maximum absolute atomic E-state index is 11.1. The Bertz CT molecular complexity index is 636. The van der Waals surface area contributed by atoms with Crippen LogP contribution >= 0.6 is 0 Å². The van der Waals surface area contributed by atoms with Crippen molar-refractivity contribution in [3.8, 4) is 0 Å². The summed E-state index contributed by atoms with van der Waals surface area (Å²) in [6, 6.07) is 5.66. The predicted molar refractivity (Wildman–Crippen MR) is 72.4 cm³/mol. The summed E-state index contributed by atoms with van der Waals surface area (Å²) in [7, 11) is 2.00. The second kappa shape index (κ2) is 4.40. The van der Waals surface area contributed by atoms with Crippen LogP contribution in [0, 0.1) is 5.41 Å². The van der Waals surface area contributed by atoms with E-state index in [1.807, 2.05) is 25.2 Å². The molecule has 6 nitrogen and oxygen atoms in total. The first kappa shape index (κ1) is 12.3. The summed E-state index contributed by atoms with van der Waals surface area (Å²) in [4.78, 5) is 15.9. The van der Waals surface area contributed by atoms with Crippen LogP contribution in [0.4, 0.5) is 5.69 Å². The minimum absolute atomic E-state index is 0.0443. The van der Waals surface area contributed by atoms with Crippen LogP contribution in [-0.4, -0.2) is 38.3 Å². The second-order valence-corrected chi connectivity index (χ2v) is 5.25. The minimum Gasteiger partial charge on any atom is -0.408 e. The lowest BCUT2D eigenvalue weighted by atomic mass is 9.85. The number of anilines is 1. The Morgan fingerprint density at radius 3 is 2.89 bits per heavy atom. The van der Waals surface area contributed by atoms with Gasteiger partial charge in [0.1, 0.15) is 0 Å². The Morgan fingerprint density at radius 1 is 1.47 bits per heavy atom. The van der Waals surface area contributed by atoms with Crippen molar-refractivity contribution in [3.05, 3.63) is 28.7 Å². The zero-order valence-electron chi connectivity index (χ0n) is 10.8. The highest BCUT2D eigenvalue weighted by molar-refractivity contribution is 5.77. The molecule has 1 fully saturated rings. The first-order chi connectivity index (χ1) is 9.12. The van der Waals surface area contributed by atoms with Gasteiger partial charge < -0.3 is 19.8 Å². The molecule has 0 bridgehead atoms. The Balaban J connectivity index is 1.84. The van der Waals surface area contributed by atoms with Crippen molar-refractivity contribution in [2.75, 3.05) is 38.3 Å². The van der Waals surface area contributed by atoms with Crippen LogP contribution < -0.4 is 16.4 Å². The van der Waals surface area contributed by atoms with Crippen molar-refractivity contribution in [2.24, 2.45) is 11.1 Å². The largest absolute Gasteiger partial charge is 0.417 e. The number of fused-ring (bicyclic) bond motifs is 1. The first-order valence-corrected chi connectivity index (χ1v) is 6.24. The molecule has 1 aromatic heterocycles. The molecule has 19 heavy (non-hydrogen) atoms. The molecule has 1 aliphatic rings. The minimum atomic E-state index is -0.430. The van der Waals surface area contributed by atoms with Crippen LogP contribution in [0.5, 0.6) is 0 Å². The Hall–Kier alpha value is -1.79.